The molecule has 22 heavy (non-hydrogen) atoms. The van der Waals surface area contributed by atoms with E-state index in [9.17, 15) is 27.1 Å². The zero-order valence-electron chi connectivity index (χ0n) is 12.3. The molecule has 1 saturated heterocycles. The lowest BCUT2D eigenvalue weighted by atomic mass is 9.84. The Balaban J connectivity index is 2.03. The Hall–Kier alpha value is -0.800. The Morgan fingerprint density at radius 1 is 1.18 bits per heavy atom. The highest BCUT2D eigenvalue weighted by Gasteiger charge is 2.40. The average molecular weight is 340 g/mol. The number of hydrogen-bond acceptors (Lipinski definition) is 3. The Labute approximate surface area is 129 Å². The lowest BCUT2D eigenvalue weighted by Crippen LogP contribution is -2.54. The first kappa shape index (κ1) is 17.6. The van der Waals surface area contributed by atoms with Gasteiger partial charge in [-0.05, 0) is 18.8 Å². The summed E-state index contributed by atoms with van der Waals surface area (Å²) in [4.78, 5) is 11.4. The molecule has 1 aliphatic heterocycles. The van der Waals surface area contributed by atoms with E-state index < -0.39 is 41.0 Å². The summed E-state index contributed by atoms with van der Waals surface area (Å²) in [5.41, 5.74) is 0. The van der Waals surface area contributed by atoms with E-state index in [-0.39, 0.29) is 19.0 Å². The van der Waals surface area contributed by atoms with Crippen LogP contribution in [-0.4, -0.2) is 48.9 Å². The number of aliphatic carboxylic acids is 1. The maximum Gasteiger partial charge on any atom is 0.322 e. The van der Waals surface area contributed by atoms with Crippen molar-refractivity contribution >= 4 is 16.2 Å². The van der Waals surface area contributed by atoms with Crippen molar-refractivity contribution in [3.05, 3.63) is 0 Å². The van der Waals surface area contributed by atoms with E-state index in [0.717, 1.165) is 23.6 Å². The van der Waals surface area contributed by atoms with Crippen molar-refractivity contribution in [2.24, 2.45) is 5.92 Å². The molecule has 9 heteroatoms. The smallest absolute Gasteiger partial charge is 0.322 e. The Bertz CT molecular complexity index is 496. The molecule has 0 aromatic rings. The Morgan fingerprint density at radius 2 is 1.73 bits per heavy atom. The van der Waals surface area contributed by atoms with Crippen LogP contribution in [-0.2, 0) is 15.0 Å². The largest absolute Gasteiger partial charge is 0.480 e. The monoisotopic (exact) mass is 340 g/mol. The second-order valence-electron chi connectivity index (χ2n) is 6.09. The van der Waals surface area contributed by atoms with Crippen molar-refractivity contribution in [2.45, 2.75) is 56.9 Å². The molecule has 0 bridgehead atoms. The van der Waals surface area contributed by atoms with Gasteiger partial charge in [0.15, 0.2) is 0 Å². The number of carboxylic acids is 1. The van der Waals surface area contributed by atoms with E-state index in [1.54, 1.807) is 0 Å². The lowest BCUT2D eigenvalue weighted by molar-refractivity contribution is -0.140. The summed E-state index contributed by atoms with van der Waals surface area (Å²) in [6.07, 6.45) is 3.05. The van der Waals surface area contributed by atoms with Gasteiger partial charge in [0, 0.05) is 25.9 Å². The summed E-state index contributed by atoms with van der Waals surface area (Å²) in [5.74, 6) is -4.30. The van der Waals surface area contributed by atoms with Gasteiger partial charge in [0.1, 0.15) is 6.04 Å². The quantitative estimate of drug-likeness (QED) is 0.796. The van der Waals surface area contributed by atoms with Crippen molar-refractivity contribution < 1.29 is 27.1 Å². The van der Waals surface area contributed by atoms with Crippen LogP contribution in [0.4, 0.5) is 8.78 Å². The molecule has 0 radical (unpaired) electrons. The maximum atomic E-state index is 13.1. The molecule has 1 aliphatic carbocycles. The Kier molecular flexibility index (Phi) is 5.39. The van der Waals surface area contributed by atoms with Crippen LogP contribution in [0.3, 0.4) is 0 Å². The summed E-state index contributed by atoms with van der Waals surface area (Å²) in [6.45, 7) is -0.585. The lowest BCUT2D eigenvalue weighted by Gasteiger charge is -2.33. The standard InChI is InChI=1S/C13H22F2N2O4S/c14-13(15)6-8-17(9-7-13)22(20,21)16-11(12(18)19)10-4-2-1-3-5-10/h10-11,16H,1-9H2,(H,18,19)/t11-/m1/s1. The minimum absolute atomic E-state index is 0.243. The molecule has 2 rings (SSSR count). The molecule has 6 nitrogen and oxygen atoms in total. The number of halogens is 2. The predicted octanol–water partition coefficient (Wildman–Crippen LogP) is 1.59. The first-order valence-electron chi connectivity index (χ1n) is 7.59. The van der Waals surface area contributed by atoms with Gasteiger partial charge in [-0.1, -0.05) is 19.3 Å². The highest BCUT2D eigenvalue weighted by Crippen LogP contribution is 2.30. The van der Waals surface area contributed by atoms with Gasteiger partial charge >= 0.3 is 5.97 Å². The van der Waals surface area contributed by atoms with Crippen molar-refractivity contribution in [3.63, 3.8) is 0 Å². The zero-order chi connectivity index (χ0) is 16.4. The first-order valence-corrected chi connectivity index (χ1v) is 9.03. The molecule has 0 aromatic heterocycles. The number of nitrogens with zero attached hydrogens (tertiary/aromatic N) is 1. The van der Waals surface area contributed by atoms with Gasteiger partial charge in [0.2, 0.25) is 0 Å². The molecule has 1 heterocycles. The van der Waals surface area contributed by atoms with Crippen molar-refractivity contribution in [1.29, 1.82) is 0 Å². The minimum Gasteiger partial charge on any atom is -0.480 e. The summed E-state index contributed by atoms with van der Waals surface area (Å²) in [7, 11) is -4.06. The van der Waals surface area contributed by atoms with Gasteiger partial charge < -0.3 is 5.11 Å². The molecule has 1 saturated carbocycles. The molecule has 2 N–H and O–H groups in total. The fourth-order valence-electron chi connectivity index (χ4n) is 3.10. The molecule has 0 spiro atoms. The summed E-state index contributed by atoms with van der Waals surface area (Å²) in [5, 5.41) is 9.30. The van der Waals surface area contributed by atoms with E-state index in [2.05, 4.69) is 4.72 Å². The third kappa shape index (κ3) is 4.36. The van der Waals surface area contributed by atoms with Gasteiger partial charge in [0.25, 0.3) is 16.1 Å². The second-order valence-corrected chi connectivity index (χ2v) is 7.79. The molecule has 0 aromatic carbocycles. The minimum atomic E-state index is -4.06. The van der Waals surface area contributed by atoms with Crippen LogP contribution in [0.15, 0.2) is 0 Å². The number of piperidine rings is 1. The Morgan fingerprint density at radius 3 is 2.23 bits per heavy atom. The number of carboxylic acid groups (broad SMARTS) is 1. The highest BCUT2D eigenvalue weighted by molar-refractivity contribution is 7.87. The molecular formula is C13H22F2N2O4S. The van der Waals surface area contributed by atoms with Crippen molar-refractivity contribution in [1.82, 2.24) is 9.03 Å². The fraction of sp³-hybridized carbons (Fsp3) is 0.923. The average Bonchev–Trinajstić information content (AvgIpc) is 2.45. The third-order valence-electron chi connectivity index (χ3n) is 4.46. The van der Waals surface area contributed by atoms with Crippen LogP contribution in [0.1, 0.15) is 44.9 Å². The summed E-state index contributed by atoms with van der Waals surface area (Å²) in [6, 6.07) is -1.19. The highest BCUT2D eigenvalue weighted by atomic mass is 32.2. The van der Waals surface area contributed by atoms with Crippen LogP contribution in [0.25, 0.3) is 0 Å². The fourth-order valence-corrected chi connectivity index (χ4v) is 4.53. The van der Waals surface area contributed by atoms with Gasteiger partial charge in [-0.2, -0.15) is 17.4 Å². The normalized spacial score (nSPS) is 25.7. The zero-order valence-corrected chi connectivity index (χ0v) is 13.1. The summed E-state index contributed by atoms with van der Waals surface area (Å²) >= 11 is 0. The molecule has 0 unspecified atom stereocenters. The van der Waals surface area contributed by atoms with Gasteiger partial charge in [-0.25, -0.2) is 8.78 Å². The topological polar surface area (TPSA) is 86.7 Å². The molecule has 0 amide bonds. The molecule has 2 fully saturated rings. The number of nitrogens with one attached hydrogen (secondary N) is 1. The van der Waals surface area contributed by atoms with Crippen LogP contribution in [0.5, 0.6) is 0 Å². The number of carbonyl (C=O) groups is 1. The first-order chi connectivity index (χ1) is 10.2. The van der Waals surface area contributed by atoms with E-state index in [1.165, 1.54) is 0 Å². The number of alkyl halides is 2. The summed E-state index contributed by atoms with van der Waals surface area (Å²) < 4.78 is 53.9. The van der Waals surface area contributed by atoms with E-state index >= 15 is 0 Å². The SMILES string of the molecule is O=C(O)[C@H](NS(=O)(=O)N1CCC(F)(F)CC1)C1CCCCC1. The van der Waals surface area contributed by atoms with E-state index in [4.69, 9.17) is 0 Å². The van der Waals surface area contributed by atoms with Gasteiger partial charge in [0.05, 0.1) is 0 Å². The van der Waals surface area contributed by atoms with Crippen molar-refractivity contribution in [2.75, 3.05) is 13.1 Å². The van der Waals surface area contributed by atoms with Crippen LogP contribution in [0.2, 0.25) is 0 Å². The molecular weight excluding hydrogens is 318 g/mol. The van der Waals surface area contributed by atoms with Gasteiger partial charge in [-0.15, -0.1) is 0 Å². The van der Waals surface area contributed by atoms with Crippen LogP contribution in [0, 0.1) is 5.92 Å². The predicted molar refractivity (Wildman–Crippen MR) is 75.8 cm³/mol. The van der Waals surface area contributed by atoms with Crippen LogP contribution >= 0.6 is 0 Å². The van der Waals surface area contributed by atoms with E-state index in [0.29, 0.717) is 12.8 Å². The number of rotatable bonds is 5. The van der Waals surface area contributed by atoms with E-state index in [1.807, 2.05) is 0 Å². The van der Waals surface area contributed by atoms with Crippen molar-refractivity contribution in [3.8, 4) is 0 Å². The number of hydrogen-bond donors (Lipinski definition) is 2. The molecule has 2 aliphatic rings. The second kappa shape index (κ2) is 6.76. The third-order valence-corrected chi connectivity index (χ3v) is 6.05. The molecule has 128 valence electrons. The van der Waals surface area contributed by atoms with Crippen LogP contribution < -0.4 is 4.72 Å². The maximum absolute atomic E-state index is 13.1. The molecule has 1 atom stereocenters. The van der Waals surface area contributed by atoms with Gasteiger partial charge in [-0.3, -0.25) is 4.79 Å².